The van der Waals surface area contributed by atoms with Crippen LogP contribution in [0.4, 0.5) is 0 Å². The minimum atomic E-state index is -1.19. The molecule has 5 amide bonds. The van der Waals surface area contributed by atoms with E-state index in [1.165, 1.54) is 11.5 Å². The van der Waals surface area contributed by atoms with E-state index >= 15 is 0 Å². The second kappa shape index (κ2) is 15.7. The molecule has 3 N–H and O–H groups in total. The number of nitrogens with one attached hydrogen (secondary N) is 3. The third-order valence-electron chi connectivity index (χ3n) is 11.2. The number of piperazine rings is 1. The highest BCUT2D eigenvalue weighted by Gasteiger charge is 2.52. The van der Waals surface area contributed by atoms with E-state index in [2.05, 4.69) is 16.0 Å². The number of rotatable bonds is 12. The summed E-state index contributed by atoms with van der Waals surface area (Å²) >= 11 is 0. The Morgan fingerprint density at radius 3 is 2.15 bits per heavy atom. The summed E-state index contributed by atoms with van der Waals surface area (Å²) in [6, 6.07) is 22.5. The smallest absolute Gasteiger partial charge is 0.246 e. The van der Waals surface area contributed by atoms with Crippen molar-refractivity contribution >= 4 is 46.3 Å². The Kier molecular flexibility index (Phi) is 10.6. The molecule has 4 fully saturated rings. The molecular formula is C42H46N6O6. The molecule has 3 aliphatic heterocycles. The molecule has 54 heavy (non-hydrogen) atoms. The van der Waals surface area contributed by atoms with Crippen molar-refractivity contribution < 1.29 is 28.8 Å². The average Bonchev–Trinajstić information content (AvgIpc) is 3.55. The van der Waals surface area contributed by atoms with Crippen molar-refractivity contribution in [3.63, 3.8) is 0 Å². The number of hydrogen-bond donors (Lipinski definition) is 3. The van der Waals surface area contributed by atoms with Crippen LogP contribution in [0.3, 0.4) is 0 Å². The van der Waals surface area contributed by atoms with E-state index in [0.29, 0.717) is 17.6 Å². The van der Waals surface area contributed by atoms with E-state index < -0.39 is 36.0 Å². The predicted molar refractivity (Wildman–Crippen MR) is 202 cm³/mol. The van der Waals surface area contributed by atoms with Gasteiger partial charge in [0, 0.05) is 51.0 Å². The quantitative estimate of drug-likeness (QED) is 0.204. The largest absolute Gasteiger partial charge is 0.344 e. The number of carbonyl (C=O) groups excluding carboxylic acids is 6. The van der Waals surface area contributed by atoms with Crippen LogP contribution in [0.5, 0.6) is 0 Å². The van der Waals surface area contributed by atoms with Gasteiger partial charge >= 0.3 is 0 Å². The summed E-state index contributed by atoms with van der Waals surface area (Å²) in [6.07, 6.45) is 5.02. The minimum absolute atomic E-state index is 0.00655. The van der Waals surface area contributed by atoms with Gasteiger partial charge in [-0.3, -0.25) is 33.3 Å². The number of hydrogen-bond acceptors (Lipinski definition) is 6. The molecule has 0 unspecified atom stereocenters. The summed E-state index contributed by atoms with van der Waals surface area (Å²) in [4.78, 5) is 85.1. The van der Waals surface area contributed by atoms with Crippen LogP contribution in [0.25, 0.3) is 10.9 Å². The summed E-state index contributed by atoms with van der Waals surface area (Å²) in [7, 11) is 1.68. The first-order chi connectivity index (χ1) is 26.1. The molecule has 8 rings (SSSR count). The van der Waals surface area contributed by atoms with Gasteiger partial charge in [-0.1, -0.05) is 78.9 Å². The Morgan fingerprint density at radius 1 is 0.815 bits per heavy atom. The lowest BCUT2D eigenvalue weighted by atomic mass is 9.73. The van der Waals surface area contributed by atoms with Crippen molar-refractivity contribution in [2.24, 2.45) is 5.92 Å². The van der Waals surface area contributed by atoms with E-state index in [9.17, 15) is 28.8 Å². The molecule has 4 aromatic rings. The number of fused-ring (bicyclic) bond motifs is 3. The lowest BCUT2D eigenvalue weighted by Gasteiger charge is -2.53. The van der Waals surface area contributed by atoms with Crippen LogP contribution < -0.4 is 16.0 Å². The molecule has 4 aliphatic rings. The van der Waals surface area contributed by atoms with Gasteiger partial charge in [-0.2, -0.15) is 0 Å². The molecule has 3 aromatic carbocycles. The Morgan fingerprint density at radius 2 is 1.46 bits per heavy atom. The number of benzene rings is 3. The zero-order valence-electron chi connectivity index (χ0n) is 30.6. The number of carbonyl (C=O) groups is 6. The molecule has 4 atom stereocenters. The maximum absolute atomic E-state index is 14.4. The van der Waals surface area contributed by atoms with Crippen molar-refractivity contribution in [1.82, 2.24) is 30.3 Å². The van der Waals surface area contributed by atoms with Crippen molar-refractivity contribution in [3.8, 4) is 0 Å². The molecule has 12 heteroatoms. The number of piperidine rings is 2. The minimum Gasteiger partial charge on any atom is -0.344 e. The highest BCUT2D eigenvalue weighted by molar-refractivity contribution is 6.01. The van der Waals surface area contributed by atoms with Gasteiger partial charge < -0.3 is 25.8 Å². The summed E-state index contributed by atoms with van der Waals surface area (Å²) < 4.78 is 1.50. The Labute approximate surface area is 314 Å². The second-order valence-electron chi connectivity index (χ2n) is 14.8. The molecule has 2 bridgehead atoms. The van der Waals surface area contributed by atoms with Crippen molar-refractivity contribution in [2.75, 3.05) is 7.05 Å². The number of amides is 5. The molecule has 1 aromatic heterocycles. The van der Waals surface area contributed by atoms with E-state index in [0.717, 1.165) is 42.2 Å². The third-order valence-corrected chi connectivity index (χ3v) is 11.2. The summed E-state index contributed by atoms with van der Waals surface area (Å²) in [6.45, 7) is 1.77. The first-order valence-electron chi connectivity index (χ1n) is 18.7. The topological polar surface area (TPSA) is 150 Å². The van der Waals surface area contributed by atoms with E-state index in [1.807, 2.05) is 84.9 Å². The van der Waals surface area contributed by atoms with Crippen LogP contribution in [-0.2, 0) is 43.4 Å². The standard InChI is InChI=1S/C42H46N6O6/c1-26(49)47-25-30(32-15-9-10-16-36(32)47)22-33(43-37(50)23-35-42(54)48-31-19-17-29(18-20-31)38(48)40(52)45-35)39(51)44-34(21-27-11-5-3-6-12-27)41(53)46(2)24-28-13-7-4-8-14-28/h3-16,25,29,31,33-35,38H,17-24H2,1-2H3,(H,43,50)(H,44,51)(H,45,52)/t29?,31?,33-,34+,35+,38+/m1/s1. The second-order valence-corrected chi connectivity index (χ2v) is 14.8. The van der Waals surface area contributed by atoms with Crippen molar-refractivity contribution in [2.45, 2.75) is 88.6 Å². The number of nitrogens with zero attached hydrogens (tertiary/aromatic N) is 3. The lowest BCUT2D eigenvalue weighted by Crippen LogP contribution is -2.71. The highest BCUT2D eigenvalue weighted by atomic mass is 16.2. The zero-order valence-corrected chi connectivity index (χ0v) is 30.6. The van der Waals surface area contributed by atoms with Gasteiger partial charge in [0.25, 0.3) is 0 Å². The van der Waals surface area contributed by atoms with Gasteiger partial charge in [0.15, 0.2) is 0 Å². The van der Waals surface area contributed by atoms with E-state index in [4.69, 9.17) is 0 Å². The summed E-state index contributed by atoms with van der Waals surface area (Å²) in [5.74, 6) is -2.12. The SMILES string of the molecule is CC(=O)n1cc(C[C@@H](NC(=O)C[C@@H]2NC(=O)[C@@H]3C4CCC(CC4)N3C2=O)C(=O)N[C@@H](Cc2ccccc2)C(=O)N(C)Cc2ccccc2)c2ccccc21. The number of aromatic nitrogens is 1. The molecule has 4 heterocycles. The summed E-state index contributed by atoms with van der Waals surface area (Å²) in [5.41, 5.74) is 3.07. The Bertz CT molecular complexity index is 2060. The monoisotopic (exact) mass is 730 g/mol. The normalized spacial score (nSPS) is 21.5. The Balaban J connectivity index is 1.15. The van der Waals surface area contributed by atoms with E-state index in [1.54, 1.807) is 23.0 Å². The first-order valence-corrected chi connectivity index (χ1v) is 18.7. The first kappa shape index (κ1) is 36.6. The maximum Gasteiger partial charge on any atom is 0.246 e. The van der Waals surface area contributed by atoms with Crippen molar-refractivity contribution in [3.05, 3.63) is 108 Å². The molecule has 0 spiro atoms. The molecule has 1 saturated carbocycles. The fraction of sp³-hybridized carbons (Fsp3) is 0.381. The molecule has 3 saturated heterocycles. The van der Waals surface area contributed by atoms with Gasteiger partial charge in [-0.15, -0.1) is 0 Å². The Hall–Kier alpha value is -5.78. The van der Waals surface area contributed by atoms with Gasteiger partial charge in [-0.25, -0.2) is 0 Å². The van der Waals surface area contributed by atoms with Gasteiger partial charge in [0.05, 0.1) is 11.9 Å². The van der Waals surface area contributed by atoms with Gasteiger partial charge in [-0.05, 0) is 54.4 Å². The molecule has 0 radical (unpaired) electrons. The van der Waals surface area contributed by atoms with Crippen LogP contribution in [-0.4, -0.2) is 87.1 Å². The predicted octanol–water partition coefficient (Wildman–Crippen LogP) is 3.37. The van der Waals surface area contributed by atoms with Gasteiger partial charge in [0.1, 0.15) is 24.2 Å². The van der Waals surface area contributed by atoms with Gasteiger partial charge in [0.2, 0.25) is 35.4 Å². The van der Waals surface area contributed by atoms with Crippen LogP contribution in [0, 0.1) is 5.92 Å². The zero-order chi connectivity index (χ0) is 37.9. The third kappa shape index (κ3) is 7.64. The van der Waals surface area contributed by atoms with Crippen LogP contribution in [0.15, 0.2) is 91.1 Å². The maximum atomic E-state index is 14.4. The van der Waals surface area contributed by atoms with Crippen molar-refractivity contribution in [1.29, 1.82) is 0 Å². The number of likely N-dealkylation sites (N-methyl/N-ethyl adjacent to an activating group) is 1. The highest BCUT2D eigenvalue weighted by Crippen LogP contribution is 2.41. The molecule has 1 aliphatic carbocycles. The fourth-order valence-corrected chi connectivity index (χ4v) is 8.51. The van der Waals surface area contributed by atoms with Crippen LogP contribution in [0.2, 0.25) is 0 Å². The number of para-hydroxylation sites is 1. The molecule has 12 nitrogen and oxygen atoms in total. The van der Waals surface area contributed by atoms with Crippen LogP contribution in [0.1, 0.15) is 60.5 Å². The van der Waals surface area contributed by atoms with Crippen LogP contribution >= 0.6 is 0 Å². The molecule has 280 valence electrons. The van der Waals surface area contributed by atoms with E-state index in [-0.39, 0.29) is 54.9 Å². The summed E-state index contributed by atoms with van der Waals surface area (Å²) in [5, 5.41) is 9.32. The molecular weight excluding hydrogens is 684 g/mol. The average molecular weight is 731 g/mol. The lowest BCUT2D eigenvalue weighted by molar-refractivity contribution is -0.163. The fourth-order valence-electron chi connectivity index (χ4n) is 8.51.